The molecule has 218 valence electrons. The monoisotopic (exact) mass is 582 g/mol. The van der Waals surface area contributed by atoms with Gasteiger partial charge in [0.1, 0.15) is 22.5 Å². The number of phenols is 1. The number of fused-ring (bicyclic) bond motifs is 1. The topological polar surface area (TPSA) is 137 Å². The number of sulfonamides is 1. The Hall–Kier alpha value is -3.83. The van der Waals surface area contributed by atoms with Crippen LogP contribution in [-0.2, 0) is 32.5 Å². The van der Waals surface area contributed by atoms with E-state index in [1.54, 1.807) is 24.5 Å². The fourth-order valence-corrected chi connectivity index (χ4v) is 6.47. The maximum atomic E-state index is 13.9. The van der Waals surface area contributed by atoms with Crippen molar-refractivity contribution in [2.45, 2.75) is 68.3 Å². The molecule has 1 heterocycles. The Bertz CT molecular complexity index is 1470. The third-order valence-electron chi connectivity index (χ3n) is 7.27. The number of carbonyl (C=O) groups is 2. The second kappa shape index (κ2) is 13.7. The van der Waals surface area contributed by atoms with E-state index in [0.29, 0.717) is 38.5 Å². The third kappa shape index (κ3) is 8.11. The first-order valence-electron chi connectivity index (χ1n) is 13.7. The lowest BCUT2D eigenvalue weighted by Gasteiger charge is -2.35. The van der Waals surface area contributed by atoms with Crippen molar-refractivity contribution in [1.82, 2.24) is 20.3 Å². The van der Waals surface area contributed by atoms with Crippen molar-refractivity contribution in [1.29, 1.82) is 0 Å². The number of halogens is 1. The van der Waals surface area contributed by atoms with Gasteiger partial charge in [-0.15, -0.1) is 0 Å². The highest BCUT2D eigenvalue weighted by Crippen LogP contribution is 2.36. The zero-order valence-corrected chi connectivity index (χ0v) is 23.7. The zero-order chi connectivity index (χ0) is 29.4. The fourth-order valence-electron chi connectivity index (χ4n) is 5.32. The average molecular weight is 583 g/mol. The van der Waals surface area contributed by atoms with Crippen LogP contribution in [0, 0.1) is 5.82 Å². The Kier molecular flexibility index (Phi) is 10.1. The van der Waals surface area contributed by atoms with Crippen molar-refractivity contribution in [2.75, 3.05) is 6.54 Å². The Morgan fingerprint density at radius 3 is 2.66 bits per heavy atom. The van der Waals surface area contributed by atoms with Crippen LogP contribution < -0.4 is 15.4 Å². The van der Waals surface area contributed by atoms with Crippen LogP contribution in [0.15, 0.2) is 71.9 Å². The predicted molar refractivity (Wildman–Crippen MR) is 152 cm³/mol. The van der Waals surface area contributed by atoms with Crippen molar-refractivity contribution in [3.8, 4) is 5.75 Å². The molecule has 4 rings (SSSR count). The molecular formula is C30H35FN4O5S. The second-order valence-electron chi connectivity index (χ2n) is 10.3. The SMILES string of the molecule is CC(=O)N[C@@H](CCCCNS(=O)(=O)c1ccccc1F)C(=O)N[C@H]1CCc2cc(O)ccc2[C@H]1Cc1cccnc1. The van der Waals surface area contributed by atoms with E-state index in [0.717, 1.165) is 22.8 Å². The molecule has 11 heteroatoms. The van der Waals surface area contributed by atoms with Crippen LogP contribution in [0.5, 0.6) is 5.75 Å². The Morgan fingerprint density at radius 1 is 1.12 bits per heavy atom. The van der Waals surface area contributed by atoms with E-state index in [1.807, 2.05) is 18.2 Å². The first-order valence-corrected chi connectivity index (χ1v) is 15.1. The summed E-state index contributed by atoms with van der Waals surface area (Å²) in [5.41, 5.74) is 3.12. The van der Waals surface area contributed by atoms with Gasteiger partial charge in [0.05, 0.1) is 0 Å². The van der Waals surface area contributed by atoms with E-state index in [-0.39, 0.29) is 36.1 Å². The van der Waals surface area contributed by atoms with Crippen molar-refractivity contribution in [2.24, 2.45) is 0 Å². The van der Waals surface area contributed by atoms with Gasteiger partial charge in [-0.05, 0) is 85.5 Å². The smallest absolute Gasteiger partial charge is 0.243 e. The molecule has 1 aromatic heterocycles. The van der Waals surface area contributed by atoms with Crippen LogP contribution in [0.25, 0.3) is 0 Å². The van der Waals surface area contributed by atoms with Crippen molar-refractivity contribution in [3.63, 3.8) is 0 Å². The van der Waals surface area contributed by atoms with E-state index < -0.39 is 26.8 Å². The molecular weight excluding hydrogens is 547 g/mol. The minimum absolute atomic E-state index is 0.0572. The zero-order valence-electron chi connectivity index (χ0n) is 22.8. The Balaban J connectivity index is 1.39. The van der Waals surface area contributed by atoms with E-state index in [4.69, 9.17) is 0 Å². The summed E-state index contributed by atoms with van der Waals surface area (Å²) in [5, 5.41) is 15.9. The van der Waals surface area contributed by atoms with E-state index in [2.05, 4.69) is 20.3 Å². The molecule has 0 unspecified atom stereocenters. The molecule has 1 aliphatic carbocycles. The number of benzene rings is 2. The molecule has 0 saturated carbocycles. The third-order valence-corrected chi connectivity index (χ3v) is 8.77. The van der Waals surface area contributed by atoms with Gasteiger partial charge in [0.25, 0.3) is 0 Å². The van der Waals surface area contributed by atoms with Gasteiger partial charge in [-0.3, -0.25) is 14.6 Å². The minimum atomic E-state index is -4.00. The van der Waals surface area contributed by atoms with Crippen LogP contribution >= 0.6 is 0 Å². The normalized spacial score (nSPS) is 17.3. The number of unbranched alkanes of at least 4 members (excludes halogenated alkanes) is 1. The summed E-state index contributed by atoms with van der Waals surface area (Å²) >= 11 is 0. The van der Waals surface area contributed by atoms with Crippen molar-refractivity contribution in [3.05, 3.63) is 89.5 Å². The molecule has 0 spiro atoms. The van der Waals surface area contributed by atoms with E-state index >= 15 is 0 Å². The summed E-state index contributed by atoms with van der Waals surface area (Å²) in [7, 11) is -4.00. The number of rotatable bonds is 12. The molecule has 0 fully saturated rings. The van der Waals surface area contributed by atoms with Gasteiger partial charge >= 0.3 is 0 Å². The van der Waals surface area contributed by atoms with Crippen LogP contribution in [0.1, 0.15) is 55.2 Å². The first-order chi connectivity index (χ1) is 19.6. The lowest BCUT2D eigenvalue weighted by molar-refractivity contribution is -0.129. The van der Waals surface area contributed by atoms with E-state index in [1.165, 1.54) is 25.1 Å². The standard InChI is InChI=1S/C30H35FN4O5S/c1-20(36)34-28(9-4-5-16-33-41(39,40)29-10-3-2-8-26(29)31)30(38)35-27-14-11-22-18-23(37)12-13-24(22)25(27)17-21-7-6-15-32-19-21/h2-3,6-8,10,12-13,15,18-19,25,27-28,33,37H,4-5,9,11,14,16-17H2,1H3,(H,34,36)(H,35,38)/t25-,27+,28+/m1/s1. The highest BCUT2D eigenvalue weighted by molar-refractivity contribution is 7.89. The summed E-state index contributed by atoms with van der Waals surface area (Å²) in [4.78, 5) is 29.1. The maximum absolute atomic E-state index is 13.9. The number of aromatic nitrogens is 1. The molecule has 2 amide bonds. The van der Waals surface area contributed by atoms with Gasteiger partial charge in [0, 0.05) is 37.8 Å². The second-order valence-corrected chi connectivity index (χ2v) is 12.0. The molecule has 3 aromatic rings. The number of nitrogens with one attached hydrogen (secondary N) is 3. The molecule has 0 bridgehead atoms. The summed E-state index contributed by atoms with van der Waals surface area (Å²) in [6.07, 6.45) is 6.64. The average Bonchev–Trinajstić information content (AvgIpc) is 2.93. The molecule has 1 aliphatic rings. The molecule has 4 N–H and O–H groups in total. The minimum Gasteiger partial charge on any atom is -0.508 e. The van der Waals surface area contributed by atoms with Crippen LogP contribution in [-0.4, -0.2) is 49.0 Å². The number of amides is 2. The number of aryl methyl sites for hydroxylation is 1. The summed E-state index contributed by atoms with van der Waals surface area (Å²) in [6, 6.07) is 13.3. The number of nitrogens with zero attached hydrogens (tertiary/aromatic N) is 1. The largest absolute Gasteiger partial charge is 0.508 e. The Labute approximate surface area is 239 Å². The van der Waals surface area contributed by atoms with Gasteiger partial charge in [0.2, 0.25) is 21.8 Å². The molecule has 2 aromatic carbocycles. The van der Waals surface area contributed by atoms with Crippen LogP contribution in [0.2, 0.25) is 0 Å². The quantitative estimate of drug-likeness (QED) is 0.242. The predicted octanol–water partition coefficient (Wildman–Crippen LogP) is 3.34. The summed E-state index contributed by atoms with van der Waals surface area (Å²) < 4.78 is 41.1. The van der Waals surface area contributed by atoms with Crippen LogP contribution in [0.4, 0.5) is 4.39 Å². The van der Waals surface area contributed by atoms with Crippen molar-refractivity contribution >= 4 is 21.8 Å². The maximum Gasteiger partial charge on any atom is 0.243 e. The molecule has 0 saturated heterocycles. The number of phenolic OH excluding ortho intramolecular Hbond substituents is 1. The van der Waals surface area contributed by atoms with Gasteiger partial charge in [-0.25, -0.2) is 17.5 Å². The highest BCUT2D eigenvalue weighted by atomic mass is 32.2. The molecule has 3 atom stereocenters. The number of pyridine rings is 1. The molecule has 9 nitrogen and oxygen atoms in total. The van der Waals surface area contributed by atoms with Gasteiger partial charge in [0.15, 0.2) is 0 Å². The lowest BCUT2D eigenvalue weighted by Crippen LogP contribution is -2.51. The number of hydrogen-bond acceptors (Lipinski definition) is 6. The van der Waals surface area contributed by atoms with Crippen LogP contribution in [0.3, 0.4) is 0 Å². The highest BCUT2D eigenvalue weighted by Gasteiger charge is 2.33. The molecule has 41 heavy (non-hydrogen) atoms. The van der Waals surface area contributed by atoms with Gasteiger partial charge in [-0.1, -0.05) is 24.3 Å². The van der Waals surface area contributed by atoms with E-state index in [9.17, 15) is 27.5 Å². The number of carbonyl (C=O) groups excluding carboxylic acids is 2. The lowest BCUT2D eigenvalue weighted by atomic mass is 9.76. The number of aromatic hydroxyl groups is 1. The Morgan fingerprint density at radius 2 is 1.93 bits per heavy atom. The van der Waals surface area contributed by atoms with Crippen molar-refractivity contribution < 1.29 is 27.5 Å². The van der Waals surface area contributed by atoms with Gasteiger partial charge in [-0.2, -0.15) is 0 Å². The summed E-state index contributed by atoms with van der Waals surface area (Å²) in [6.45, 7) is 1.40. The molecule has 0 aliphatic heterocycles. The van der Waals surface area contributed by atoms with Gasteiger partial charge < -0.3 is 15.7 Å². The molecule has 0 radical (unpaired) electrons. The summed E-state index contributed by atoms with van der Waals surface area (Å²) in [5.74, 6) is -1.34. The number of hydrogen-bond donors (Lipinski definition) is 4. The first kappa shape index (κ1) is 30.1. The fraction of sp³-hybridized carbons (Fsp3) is 0.367.